The first-order valence-corrected chi connectivity index (χ1v) is 11.9. The SMILES string of the molecule is CCC(CNC(=NC)NCC(c1ccc(OC)c(OC)c1)N1CCOCC1)N1CCCC1. The molecule has 0 radical (unpaired) electrons. The third-order valence-corrected chi connectivity index (χ3v) is 6.60. The third kappa shape index (κ3) is 6.49. The van der Waals surface area contributed by atoms with Crippen LogP contribution in [0.2, 0.25) is 0 Å². The zero-order valence-corrected chi connectivity index (χ0v) is 20.2. The normalized spacial score (nSPS) is 20.1. The van der Waals surface area contributed by atoms with Gasteiger partial charge in [-0.25, -0.2) is 0 Å². The minimum absolute atomic E-state index is 0.179. The lowest BCUT2D eigenvalue weighted by Gasteiger charge is -2.35. The first kappa shape index (κ1) is 24.6. The van der Waals surface area contributed by atoms with Crippen molar-refractivity contribution in [2.75, 3.05) is 73.7 Å². The van der Waals surface area contributed by atoms with E-state index in [-0.39, 0.29) is 6.04 Å². The van der Waals surface area contributed by atoms with E-state index in [1.165, 1.54) is 31.5 Å². The summed E-state index contributed by atoms with van der Waals surface area (Å²) in [6, 6.07) is 6.92. The monoisotopic (exact) mass is 447 g/mol. The van der Waals surface area contributed by atoms with E-state index in [9.17, 15) is 0 Å². The summed E-state index contributed by atoms with van der Waals surface area (Å²) >= 11 is 0. The average molecular weight is 448 g/mol. The number of morpholine rings is 1. The van der Waals surface area contributed by atoms with Crippen molar-refractivity contribution in [3.63, 3.8) is 0 Å². The van der Waals surface area contributed by atoms with Gasteiger partial charge in [-0.05, 0) is 50.0 Å². The predicted molar refractivity (Wildman–Crippen MR) is 129 cm³/mol. The van der Waals surface area contributed by atoms with Crippen LogP contribution in [0, 0.1) is 0 Å². The Hall–Kier alpha value is -2.03. The van der Waals surface area contributed by atoms with E-state index in [2.05, 4.69) is 44.5 Å². The van der Waals surface area contributed by atoms with Gasteiger partial charge < -0.3 is 24.8 Å². The summed E-state index contributed by atoms with van der Waals surface area (Å²) in [6.07, 6.45) is 3.78. The van der Waals surface area contributed by atoms with Crippen LogP contribution < -0.4 is 20.1 Å². The molecule has 3 rings (SSSR count). The van der Waals surface area contributed by atoms with Crippen LogP contribution in [0.5, 0.6) is 11.5 Å². The molecule has 2 saturated heterocycles. The zero-order valence-electron chi connectivity index (χ0n) is 20.2. The van der Waals surface area contributed by atoms with E-state index in [1.807, 2.05) is 13.1 Å². The van der Waals surface area contributed by atoms with E-state index in [0.29, 0.717) is 6.04 Å². The lowest BCUT2D eigenvalue weighted by Crippen LogP contribution is -2.49. The van der Waals surface area contributed by atoms with Crippen LogP contribution in [-0.2, 0) is 4.74 Å². The van der Waals surface area contributed by atoms with E-state index >= 15 is 0 Å². The molecule has 8 nitrogen and oxygen atoms in total. The Morgan fingerprint density at radius 1 is 1.00 bits per heavy atom. The van der Waals surface area contributed by atoms with Gasteiger partial charge in [0.1, 0.15) is 0 Å². The van der Waals surface area contributed by atoms with Gasteiger partial charge in [0.2, 0.25) is 0 Å². The van der Waals surface area contributed by atoms with Crippen LogP contribution in [0.1, 0.15) is 37.8 Å². The van der Waals surface area contributed by atoms with Crippen molar-refractivity contribution in [2.24, 2.45) is 4.99 Å². The van der Waals surface area contributed by atoms with Crippen molar-refractivity contribution in [3.8, 4) is 11.5 Å². The molecule has 8 heteroatoms. The molecule has 0 aromatic heterocycles. The number of guanidine groups is 1. The molecule has 2 atom stereocenters. The van der Waals surface area contributed by atoms with Crippen molar-refractivity contribution in [1.29, 1.82) is 0 Å². The van der Waals surface area contributed by atoms with Gasteiger partial charge >= 0.3 is 0 Å². The number of nitrogens with one attached hydrogen (secondary N) is 2. The molecule has 2 heterocycles. The maximum absolute atomic E-state index is 5.59. The third-order valence-electron chi connectivity index (χ3n) is 6.60. The highest BCUT2D eigenvalue weighted by Gasteiger charge is 2.25. The fourth-order valence-corrected chi connectivity index (χ4v) is 4.67. The van der Waals surface area contributed by atoms with Gasteiger partial charge in [-0.2, -0.15) is 0 Å². The molecule has 0 aliphatic carbocycles. The molecular formula is C24H41N5O3. The lowest BCUT2D eigenvalue weighted by molar-refractivity contribution is 0.0169. The first-order chi connectivity index (χ1) is 15.7. The summed E-state index contributed by atoms with van der Waals surface area (Å²) in [6.45, 7) is 9.67. The molecule has 2 N–H and O–H groups in total. The highest BCUT2D eigenvalue weighted by Crippen LogP contribution is 2.32. The van der Waals surface area contributed by atoms with E-state index < -0.39 is 0 Å². The van der Waals surface area contributed by atoms with Crippen molar-refractivity contribution >= 4 is 5.96 Å². The number of ether oxygens (including phenoxy) is 3. The number of methoxy groups -OCH3 is 2. The quantitative estimate of drug-likeness (QED) is 0.421. The second-order valence-electron chi connectivity index (χ2n) is 8.42. The average Bonchev–Trinajstić information content (AvgIpc) is 3.38. The van der Waals surface area contributed by atoms with E-state index in [4.69, 9.17) is 14.2 Å². The molecule has 2 aliphatic rings. The molecule has 1 aromatic carbocycles. The van der Waals surface area contributed by atoms with E-state index in [1.54, 1.807) is 14.2 Å². The molecule has 32 heavy (non-hydrogen) atoms. The van der Waals surface area contributed by atoms with Crippen LogP contribution in [0.3, 0.4) is 0 Å². The van der Waals surface area contributed by atoms with E-state index in [0.717, 1.165) is 63.3 Å². The van der Waals surface area contributed by atoms with Gasteiger partial charge in [0.15, 0.2) is 17.5 Å². The van der Waals surface area contributed by atoms with Crippen molar-refractivity contribution in [2.45, 2.75) is 38.3 Å². The minimum Gasteiger partial charge on any atom is -0.493 e. The first-order valence-electron chi connectivity index (χ1n) is 11.9. The molecule has 0 amide bonds. The summed E-state index contributed by atoms with van der Waals surface area (Å²) < 4.78 is 16.6. The fraction of sp³-hybridized carbons (Fsp3) is 0.708. The molecule has 0 saturated carbocycles. The van der Waals surface area contributed by atoms with Crippen molar-refractivity contribution in [3.05, 3.63) is 23.8 Å². The number of benzene rings is 1. The van der Waals surface area contributed by atoms with Gasteiger partial charge in [0.25, 0.3) is 0 Å². The summed E-state index contributed by atoms with van der Waals surface area (Å²) in [4.78, 5) is 9.54. The number of nitrogens with zero attached hydrogens (tertiary/aromatic N) is 3. The van der Waals surface area contributed by atoms with Gasteiger partial charge in [-0.1, -0.05) is 13.0 Å². The molecule has 2 unspecified atom stereocenters. The Kier molecular flexibility index (Phi) is 9.89. The van der Waals surface area contributed by atoms with Crippen LogP contribution in [0.25, 0.3) is 0 Å². The number of hydrogen-bond acceptors (Lipinski definition) is 6. The standard InChI is InChI=1S/C24H41N5O3/c1-5-20(28-10-6-7-11-28)17-26-24(25-2)27-18-21(29-12-14-32-15-13-29)19-8-9-22(30-3)23(16-19)31-4/h8-9,16,20-21H,5-7,10-15,17-18H2,1-4H3,(H2,25,26,27). The Bertz CT molecular complexity index is 718. The zero-order chi connectivity index (χ0) is 22.8. The van der Waals surface area contributed by atoms with Crippen molar-refractivity contribution < 1.29 is 14.2 Å². The fourth-order valence-electron chi connectivity index (χ4n) is 4.67. The Morgan fingerprint density at radius 3 is 2.31 bits per heavy atom. The summed E-state index contributed by atoms with van der Waals surface area (Å²) in [7, 11) is 5.19. The van der Waals surface area contributed by atoms with Crippen molar-refractivity contribution in [1.82, 2.24) is 20.4 Å². The minimum atomic E-state index is 0.179. The molecular weight excluding hydrogens is 406 g/mol. The Balaban J connectivity index is 1.66. The maximum Gasteiger partial charge on any atom is 0.191 e. The topological polar surface area (TPSA) is 70.6 Å². The number of likely N-dealkylation sites (tertiary alicyclic amines) is 1. The number of hydrogen-bond donors (Lipinski definition) is 2. The van der Waals surface area contributed by atoms with Crippen LogP contribution in [0.15, 0.2) is 23.2 Å². The molecule has 0 spiro atoms. The number of aliphatic imine (C=N–C) groups is 1. The van der Waals surface area contributed by atoms with Crippen LogP contribution >= 0.6 is 0 Å². The molecule has 2 aliphatic heterocycles. The molecule has 2 fully saturated rings. The van der Waals surface area contributed by atoms with Crippen LogP contribution in [-0.4, -0.2) is 95.6 Å². The van der Waals surface area contributed by atoms with Gasteiger partial charge in [0, 0.05) is 39.3 Å². The summed E-state index contributed by atoms with van der Waals surface area (Å²) in [5.74, 6) is 2.35. The maximum atomic E-state index is 5.59. The summed E-state index contributed by atoms with van der Waals surface area (Å²) in [5, 5.41) is 7.12. The summed E-state index contributed by atoms with van der Waals surface area (Å²) in [5.41, 5.74) is 1.19. The smallest absolute Gasteiger partial charge is 0.191 e. The highest BCUT2D eigenvalue weighted by atomic mass is 16.5. The molecule has 180 valence electrons. The Labute approximate surface area is 193 Å². The van der Waals surface area contributed by atoms with Gasteiger partial charge in [-0.3, -0.25) is 14.8 Å². The number of rotatable bonds is 10. The largest absolute Gasteiger partial charge is 0.493 e. The molecule has 1 aromatic rings. The Morgan fingerprint density at radius 2 is 1.69 bits per heavy atom. The highest BCUT2D eigenvalue weighted by molar-refractivity contribution is 5.79. The van der Waals surface area contributed by atoms with Gasteiger partial charge in [-0.15, -0.1) is 0 Å². The predicted octanol–water partition coefficient (Wildman–Crippen LogP) is 2.12. The second-order valence-corrected chi connectivity index (χ2v) is 8.42. The van der Waals surface area contributed by atoms with Gasteiger partial charge in [0.05, 0.1) is 33.5 Å². The second kappa shape index (κ2) is 12.9. The van der Waals surface area contributed by atoms with Crippen LogP contribution in [0.4, 0.5) is 0 Å². The lowest BCUT2D eigenvalue weighted by atomic mass is 10.0. The molecule has 0 bridgehead atoms.